The van der Waals surface area contributed by atoms with Crippen LogP contribution in [0, 0.1) is 35.5 Å². The zero-order valence-corrected chi connectivity index (χ0v) is 81.6. The zero-order chi connectivity index (χ0) is 97.8. The van der Waals surface area contributed by atoms with E-state index in [9.17, 15) is 78.0 Å². The number of aliphatic hydroxyl groups excluding tert-OH is 4. The zero-order valence-electron chi connectivity index (χ0n) is 81.6. The lowest BCUT2D eigenvalue weighted by Gasteiger charge is -2.42. The van der Waals surface area contributed by atoms with Gasteiger partial charge in [-0.15, -0.1) is 0 Å². The molecule has 0 aliphatic carbocycles. The van der Waals surface area contributed by atoms with Crippen molar-refractivity contribution >= 4 is 76.8 Å². The van der Waals surface area contributed by atoms with E-state index in [2.05, 4.69) is 86.9 Å². The molecule has 15 aliphatic heterocycles. The lowest BCUT2D eigenvalue weighted by atomic mass is 9.86. The second-order valence-electron chi connectivity index (χ2n) is 41.8. The van der Waals surface area contributed by atoms with Gasteiger partial charge in [0, 0.05) is 142 Å². The van der Waals surface area contributed by atoms with Gasteiger partial charge in [-0.05, 0) is 237 Å². The van der Waals surface area contributed by atoms with Crippen LogP contribution >= 0.6 is 0 Å². The van der Waals surface area contributed by atoms with Crippen molar-refractivity contribution < 1.29 is 97.1 Å². The van der Waals surface area contributed by atoms with Crippen molar-refractivity contribution in [3.63, 3.8) is 0 Å². The Bertz CT molecular complexity index is 4320. The maximum Gasteiger partial charge on any atom is 0.329 e. The number of hydrogen-bond acceptors (Lipinski definition) is 26. The van der Waals surface area contributed by atoms with E-state index in [0.717, 1.165) is 95.5 Å². The third-order valence-corrected chi connectivity index (χ3v) is 30.0. The molecular weight excluding hydrogens is 1740 g/mol. The lowest BCUT2D eigenvalue weighted by Crippen LogP contribution is -2.64. The minimum Gasteiger partial charge on any atom is -0.460 e. The van der Waals surface area contributed by atoms with Crippen molar-refractivity contribution in [2.75, 3.05) is 73.9 Å². The molecule has 15 heterocycles. The van der Waals surface area contributed by atoms with E-state index in [0.29, 0.717) is 125 Å². The summed E-state index contributed by atoms with van der Waals surface area (Å²) < 4.78 is 10.9. The quantitative estimate of drug-likeness (QED) is 0.0441. The number of amides is 10. The van der Waals surface area contributed by atoms with Gasteiger partial charge in [-0.25, -0.2) is 4.79 Å². The molecule has 750 valence electrons. The van der Waals surface area contributed by atoms with Gasteiger partial charge in [0.1, 0.15) is 53.5 Å². The molecule has 2 aromatic carbocycles. The predicted molar refractivity (Wildman–Crippen MR) is 500 cm³/mol. The van der Waals surface area contributed by atoms with Crippen molar-refractivity contribution in [3.05, 3.63) is 71.8 Å². The van der Waals surface area contributed by atoms with Gasteiger partial charge in [-0.2, -0.15) is 10.1 Å². The van der Waals surface area contributed by atoms with Crippen LogP contribution in [-0.2, 0) is 89.8 Å². The Hall–Kier alpha value is -8.89. The summed E-state index contributed by atoms with van der Waals surface area (Å²) in [4.78, 5) is 182. The summed E-state index contributed by atoms with van der Waals surface area (Å²) in [6, 6.07) is 17.2. The van der Waals surface area contributed by atoms with E-state index in [4.69, 9.17) is 24.9 Å². The average Bonchev–Trinajstić information content (AvgIpc) is 1.61. The Morgan fingerprint density at radius 1 is 0.467 bits per heavy atom. The van der Waals surface area contributed by atoms with Crippen LogP contribution < -0.4 is 43.0 Å². The highest BCUT2D eigenvalue weighted by molar-refractivity contribution is 5.99. The number of nitrogens with zero attached hydrogens (tertiary/aromatic N) is 9. The molecule has 10 amide bonds. The Morgan fingerprint density at radius 3 is 1.30 bits per heavy atom. The van der Waals surface area contributed by atoms with Crippen LogP contribution in [0.25, 0.3) is 0 Å². The number of nitrogens with two attached hydrogens (primary N) is 1. The van der Waals surface area contributed by atoms with Crippen LogP contribution in [0.5, 0.6) is 0 Å². The molecule has 17 rings (SSSR count). The van der Waals surface area contributed by atoms with E-state index in [1.807, 2.05) is 94.1 Å². The molecule has 10 unspecified atom stereocenters. The number of rotatable bonds is 18. The number of hydroxylamine groups is 4. The Balaban J connectivity index is 0.000000153. The molecule has 0 saturated carbocycles. The predicted octanol–water partition coefficient (Wildman–Crippen LogP) is 2.46. The minimum absolute atomic E-state index is 0.0121. The number of fused-ring (bicyclic) bond motifs is 8. The normalized spacial score (nSPS) is 34.5. The number of likely N-dealkylation sites (N-methyl/N-ethyl adjacent to an activating group) is 3. The Morgan fingerprint density at radius 2 is 0.867 bits per heavy atom. The summed E-state index contributed by atoms with van der Waals surface area (Å²) in [6.45, 7) is 22.9. The molecule has 135 heavy (non-hydrogen) atoms. The highest BCUT2D eigenvalue weighted by atomic mass is 16.7. The summed E-state index contributed by atoms with van der Waals surface area (Å²) in [7, 11) is 5.39. The highest BCUT2D eigenvalue weighted by Crippen LogP contribution is 2.45. The second kappa shape index (κ2) is 46.7. The molecule has 13 N–H and O–H groups in total. The highest BCUT2D eigenvalue weighted by Gasteiger charge is 2.58. The molecule has 37 nitrogen and oxygen atoms in total. The van der Waals surface area contributed by atoms with Crippen LogP contribution in [0.15, 0.2) is 65.7 Å². The molecule has 15 fully saturated rings. The number of ether oxygens (including phenoxy) is 2. The number of aliphatic hydroxyl groups is 4. The molecular formula is C98H153N17O20. The van der Waals surface area contributed by atoms with Crippen LogP contribution in [0.3, 0.4) is 0 Å². The molecule has 26 atom stereocenters. The van der Waals surface area contributed by atoms with Gasteiger partial charge < -0.3 is 102 Å². The first-order valence-electron chi connectivity index (χ1n) is 49.5. The number of piperidine rings is 6. The summed E-state index contributed by atoms with van der Waals surface area (Å²) >= 11 is 0. The number of amidine groups is 1. The SMILES string of the molecule is CC(C)(C)OC(=O)[C@@H]1CCC2C[C@H]3CON(Cc4ccccc4)C3C(=O)N21.CC(N)=NCCC[C@@H]1NC(=O)[C@@H]2CC[C@H]3C[C@@H](CO)[C@@H](NC(=O)[C@H](CC(=O)OC(C)(C)C)NC(=O)CNC1=O)C(=O)N32.CNC1C(=O)N2C(CC[C@H]2C)C[C@H]1CO.CNC1C(=O)N2C(CC[C@H]2C)C[C@H]1CO.CNC1C(=O)N2C(CC[C@H]2C)C[C@H]1CO.C[C@@H]1CCC2C[C@H]3CON(Cc4ccccc4)C3C(=O)N21. The van der Waals surface area contributed by atoms with Crippen molar-refractivity contribution in [1.82, 2.24) is 76.7 Å². The number of carbonyl (C=O) groups is 12. The van der Waals surface area contributed by atoms with Crippen LogP contribution in [0.4, 0.5) is 0 Å². The molecule has 0 aromatic heterocycles. The maximum atomic E-state index is 13.7. The molecule has 2 aromatic rings. The third kappa shape index (κ3) is 25.1. The minimum atomic E-state index is -1.43. The van der Waals surface area contributed by atoms with Gasteiger partial charge >= 0.3 is 11.9 Å². The maximum absolute atomic E-state index is 13.7. The monoisotopic (exact) mass is 1890 g/mol. The van der Waals surface area contributed by atoms with E-state index in [1.165, 1.54) is 10.5 Å². The summed E-state index contributed by atoms with van der Waals surface area (Å²) in [5.41, 5.74) is 6.48. The van der Waals surface area contributed by atoms with E-state index in [1.54, 1.807) is 53.7 Å². The van der Waals surface area contributed by atoms with Crippen molar-refractivity contribution in [1.29, 1.82) is 0 Å². The number of benzene rings is 2. The number of aliphatic imine (C=N–C) groups is 1. The fourth-order valence-corrected chi connectivity index (χ4v) is 23.6. The van der Waals surface area contributed by atoms with Gasteiger partial charge in [0.2, 0.25) is 59.1 Å². The molecule has 0 radical (unpaired) electrons. The van der Waals surface area contributed by atoms with Gasteiger partial charge in [0.25, 0.3) is 0 Å². The molecule has 15 aliphatic rings. The Labute approximate surface area is 794 Å². The fraction of sp³-hybridized carbons (Fsp3) is 0.745. The van der Waals surface area contributed by atoms with Crippen LogP contribution in [-0.4, -0.2) is 343 Å². The number of nitrogens with one attached hydrogen (secondary N) is 7. The molecule has 15 saturated heterocycles. The van der Waals surface area contributed by atoms with Crippen LogP contribution in [0.2, 0.25) is 0 Å². The second-order valence-corrected chi connectivity index (χ2v) is 41.8. The fourth-order valence-electron chi connectivity index (χ4n) is 23.6. The molecule has 0 spiro atoms. The first-order chi connectivity index (χ1) is 64.3. The van der Waals surface area contributed by atoms with E-state index in [-0.39, 0.29) is 128 Å². The van der Waals surface area contributed by atoms with Gasteiger partial charge in [-0.1, -0.05) is 60.7 Å². The first-order valence-corrected chi connectivity index (χ1v) is 49.5. The number of hydrogen-bond donors (Lipinski definition) is 12. The number of carbonyl (C=O) groups excluding carboxylic acids is 12. The molecule has 37 heteroatoms. The molecule has 2 bridgehead atoms. The largest absolute Gasteiger partial charge is 0.460 e. The van der Waals surface area contributed by atoms with E-state index < -0.39 is 102 Å². The smallest absolute Gasteiger partial charge is 0.329 e. The van der Waals surface area contributed by atoms with E-state index >= 15 is 0 Å². The first kappa shape index (κ1) is 105. The lowest BCUT2D eigenvalue weighted by molar-refractivity contribution is -0.176. The van der Waals surface area contributed by atoms with Crippen molar-refractivity contribution in [3.8, 4) is 0 Å². The standard InChI is InChI=1S/C27H43N7O8.C21H28N2O4.C17H22N2O2.3C11H20N2O2/c1-14(28)29-9-5-6-17-23(38)30-12-20(36)31-18(11-21(37)42-27(2,3)4)24(39)33-22-15(13-35)10-16-7-8-19(25(40)32-17)34(16)26(22)41;1-21(2,3)27-20(25)17-10-9-16-11-15-13-26-22(18(15)19(24)23(16)17)12-14-7-5-4-6-8-14;1-12-7-8-15-9-14-11-21-18(16(14)17(20)19(12)15)10-13-5-3-2-4-6-13;3*1-7-3-4-9-5-8(6-14)10(12-2)11(15)13(7)9/h15-19,22,35H,5-13H2,1-4H3,(H2,28,29)(H,30,38)(H,31,36)(H,32,40)(H,33,39);4-8,15-18H,9-13H2,1-3H3;2-6,12,14-16H,7-11H2,1H3;3*7-10,12,14H,3-6H2,1-2H3/t15-,16-,17-,18-,19-,22+;15-,16?,17-,18?;12-,14+,15?,16?;3*7-,8+,9?,10?/m001111/s1. The number of esters is 2. The van der Waals surface area contributed by atoms with Crippen LogP contribution in [0.1, 0.15) is 222 Å². The third-order valence-electron chi connectivity index (χ3n) is 30.0. The van der Waals surface area contributed by atoms with Crippen molar-refractivity contribution in [2.24, 2.45) is 46.2 Å². The Kier molecular flexibility index (Phi) is 36.3. The average molecular weight is 1890 g/mol. The summed E-state index contributed by atoms with van der Waals surface area (Å²) in [6.07, 6.45) is 16.5. The summed E-state index contributed by atoms with van der Waals surface area (Å²) in [5.74, 6) is -2.96. The summed E-state index contributed by atoms with van der Waals surface area (Å²) in [5, 5.41) is 61.0. The van der Waals surface area contributed by atoms with Gasteiger partial charge in [0.15, 0.2) is 0 Å². The van der Waals surface area contributed by atoms with Gasteiger partial charge in [-0.3, -0.25) is 67.4 Å². The van der Waals surface area contributed by atoms with Gasteiger partial charge in [0.05, 0.1) is 50.1 Å². The van der Waals surface area contributed by atoms with Crippen molar-refractivity contribution in [2.45, 2.75) is 356 Å². The topological polar surface area (TPSA) is 471 Å².